The summed E-state index contributed by atoms with van der Waals surface area (Å²) >= 11 is 0. The van der Waals surface area contributed by atoms with Crippen LogP contribution in [0, 0.1) is 0 Å². The van der Waals surface area contributed by atoms with Gasteiger partial charge in [-0.05, 0) is 59.9 Å². The lowest BCUT2D eigenvalue weighted by Gasteiger charge is -2.34. The van der Waals surface area contributed by atoms with E-state index in [1.165, 1.54) is 11.3 Å². The Morgan fingerprint density at radius 1 is 0.810 bits per heavy atom. The Labute approximate surface area is 244 Å². The van der Waals surface area contributed by atoms with Gasteiger partial charge in [-0.1, -0.05) is 78.9 Å². The summed E-state index contributed by atoms with van der Waals surface area (Å²) in [6.45, 7) is 1.03. The van der Waals surface area contributed by atoms with Crippen LogP contribution in [0.5, 0.6) is 0 Å². The molecule has 0 amide bonds. The number of ether oxygens (including phenoxy) is 1. The first-order valence-electron chi connectivity index (χ1n) is 14.4. The fraction of sp³-hybridized carbons (Fsp3) is 0.135. The van der Waals surface area contributed by atoms with Crippen LogP contribution in [0.15, 0.2) is 122 Å². The zero-order valence-corrected chi connectivity index (χ0v) is 23.3. The van der Waals surface area contributed by atoms with Gasteiger partial charge in [0.25, 0.3) is 0 Å². The molecule has 5 nitrogen and oxygen atoms in total. The molecule has 42 heavy (non-hydrogen) atoms. The largest absolute Gasteiger partial charge is 0.438 e. The van der Waals surface area contributed by atoms with Crippen LogP contribution in [0.1, 0.15) is 39.3 Å². The first-order chi connectivity index (χ1) is 20.7. The van der Waals surface area contributed by atoms with Crippen molar-refractivity contribution in [3.05, 3.63) is 150 Å². The summed E-state index contributed by atoms with van der Waals surface area (Å²) in [5, 5.41) is 0. The number of aryl methyl sites for hydroxylation is 1. The first-order valence-corrected chi connectivity index (χ1v) is 14.4. The molecule has 0 radical (unpaired) electrons. The summed E-state index contributed by atoms with van der Waals surface area (Å²) in [4.78, 5) is 20.6. The topological polar surface area (TPSA) is 46.8 Å². The Balaban J connectivity index is 1.55. The smallest absolute Gasteiger partial charge is 0.359 e. The molecular weight excluding hydrogens is 518 g/mol. The highest BCUT2D eigenvalue weighted by molar-refractivity contribution is 6.00. The van der Waals surface area contributed by atoms with Gasteiger partial charge in [0.2, 0.25) is 5.60 Å². The number of benzene rings is 3. The van der Waals surface area contributed by atoms with E-state index in [9.17, 15) is 4.79 Å². The number of pyridine rings is 2. The van der Waals surface area contributed by atoms with Crippen molar-refractivity contribution in [3.63, 3.8) is 0 Å². The highest BCUT2D eigenvalue weighted by atomic mass is 16.6. The number of anilines is 1. The van der Waals surface area contributed by atoms with Gasteiger partial charge in [-0.15, -0.1) is 0 Å². The average molecular weight is 548 g/mol. The molecule has 1 atom stereocenters. The van der Waals surface area contributed by atoms with Crippen molar-refractivity contribution < 1.29 is 9.53 Å². The molecule has 2 aliphatic heterocycles. The van der Waals surface area contributed by atoms with E-state index in [1.54, 1.807) is 6.20 Å². The second kappa shape index (κ2) is 9.45. The van der Waals surface area contributed by atoms with Crippen molar-refractivity contribution in [2.75, 3.05) is 18.5 Å². The van der Waals surface area contributed by atoms with Crippen molar-refractivity contribution in [2.24, 2.45) is 0 Å². The third kappa shape index (κ3) is 3.50. The van der Waals surface area contributed by atoms with Crippen LogP contribution in [0.2, 0.25) is 0 Å². The Hall–Kier alpha value is -5.16. The predicted molar refractivity (Wildman–Crippen MR) is 166 cm³/mol. The third-order valence-electron chi connectivity index (χ3n) is 8.77. The molecule has 5 heterocycles. The number of nitrogens with zero attached hydrogens (tertiary/aromatic N) is 3. The zero-order valence-electron chi connectivity index (χ0n) is 23.3. The Kier molecular flexibility index (Phi) is 5.54. The van der Waals surface area contributed by atoms with Crippen LogP contribution in [0.3, 0.4) is 0 Å². The summed E-state index contributed by atoms with van der Waals surface area (Å²) in [5.41, 5.74) is 9.56. The van der Waals surface area contributed by atoms with Crippen molar-refractivity contribution >= 4 is 17.2 Å². The number of rotatable bonds is 4. The van der Waals surface area contributed by atoms with Crippen LogP contribution in [0.25, 0.3) is 27.8 Å². The fourth-order valence-corrected chi connectivity index (χ4v) is 6.96. The van der Waals surface area contributed by atoms with E-state index in [1.807, 2.05) is 30.3 Å². The fourth-order valence-electron chi connectivity index (χ4n) is 6.96. The van der Waals surface area contributed by atoms with Crippen molar-refractivity contribution in [1.82, 2.24) is 9.38 Å². The van der Waals surface area contributed by atoms with E-state index in [0.717, 1.165) is 64.0 Å². The molecule has 8 rings (SSSR count). The standard InChI is InChI=1S/C37H29N3O2/c1-39-22-11-16-27-24-28(19-20-30(27)39)37(29-17-10-21-38-34(29)36(41)42-37)35-33(26-14-6-3-7-15-26)32(25-12-4-2-5-13-25)31-18-8-9-23-40(31)35/h2-10,12-15,17-21,23-24H,11,16,22H2,1H3. The molecule has 204 valence electrons. The van der Waals surface area contributed by atoms with Gasteiger partial charge >= 0.3 is 5.97 Å². The molecule has 0 spiro atoms. The molecule has 0 bridgehead atoms. The Morgan fingerprint density at radius 3 is 2.33 bits per heavy atom. The van der Waals surface area contributed by atoms with Gasteiger partial charge in [0.1, 0.15) is 0 Å². The molecule has 0 aliphatic carbocycles. The second-order valence-electron chi connectivity index (χ2n) is 11.1. The molecule has 0 N–H and O–H groups in total. The molecule has 0 saturated carbocycles. The second-order valence-corrected chi connectivity index (χ2v) is 11.1. The van der Waals surface area contributed by atoms with Gasteiger partial charge in [0.15, 0.2) is 5.69 Å². The van der Waals surface area contributed by atoms with Crippen LogP contribution in [-0.4, -0.2) is 28.9 Å². The number of fused-ring (bicyclic) bond motifs is 3. The monoisotopic (exact) mass is 547 g/mol. The van der Waals surface area contributed by atoms with Crippen LogP contribution in [0.4, 0.5) is 5.69 Å². The van der Waals surface area contributed by atoms with Crippen LogP contribution < -0.4 is 4.90 Å². The molecule has 2 aliphatic rings. The molecule has 0 fully saturated rings. The van der Waals surface area contributed by atoms with E-state index in [-0.39, 0.29) is 0 Å². The molecule has 3 aromatic heterocycles. The van der Waals surface area contributed by atoms with E-state index >= 15 is 0 Å². The summed E-state index contributed by atoms with van der Waals surface area (Å²) in [7, 11) is 2.14. The van der Waals surface area contributed by atoms with E-state index in [0.29, 0.717) is 5.69 Å². The number of carbonyl (C=O) groups excluding carboxylic acids is 1. The lowest BCUT2D eigenvalue weighted by Crippen LogP contribution is -2.33. The lowest BCUT2D eigenvalue weighted by atomic mass is 9.79. The molecule has 6 aromatic rings. The van der Waals surface area contributed by atoms with Crippen molar-refractivity contribution in [1.29, 1.82) is 0 Å². The van der Waals surface area contributed by atoms with Gasteiger partial charge < -0.3 is 14.0 Å². The predicted octanol–water partition coefficient (Wildman–Crippen LogP) is 7.51. The van der Waals surface area contributed by atoms with Crippen molar-refractivity contribution in [3.8, 4) is 22.3 Å². The molecular formula is C37H29N3O2. The summed E-state index contributed by atoms with van der Waals surface area (Å²) in [5.74, 6) is -0.411. The number of hydrogen-bond donors (Lipinski definition) is 0. The van der Waals surface area contributed by atoms with Gasteiger partial charge in [-0.3, -0.25) is 0 Å². The molecule has 0 saturated heterocycles. The van der Waals surface area contributed by atoms with Gasteiger partial charge in [0, 0.05) is 53.9 Å². The normalized spacial score (nSPS) is 17.6. The highest BCUT2D eigenvalue weighted by Crippen LogP contribution is 2.53. The van der Waals surface area contributed by atoms with E-state index < -0.39 is 11.6 Å². The quantitative estimate of drug-likeness (QED) is 0.214. The maximum absolute atomic E-state index is 13.7. The minimum absolute atomic E-state index is 0.360. The average Bonchev–Trinajstić information content (AvgIpc) is 3.55. The molecule has 5 heteroatoms. The minimum atomic E-state index is -1.21. The van der Waals surface area contributed by atoms with Crippen LogP contribution in [-0.2, 0) is 16.8 Å². The van der Waals surface area contributed by atoms with Crippen LogP contribution >= 0.6 is 0 Å². The molecule has 3 aromatic carbocycles. The maximum Gasteiger partial charge on any atom is 0.359 e. The summed E-state index contributed by atoms with van der Waals surface area (Å²) in [6, 6.07) is 37.6. The first kappa shape index (κ1) is 24.6. The number of cyclic esters (lactones) is 1. The Morgan fingerprint density at radius 2 is 1.55 bits per heavy atom. The Bertz CT molecular complexity index is 1980. The summed E-state index contributed by atoms with van der Waals surface area (Å²) in [6.07, 6.45) is 5.81. The minimum Gasteiger partial charge on any atom is -0.438 e. The number of aromatic nitrogens is 2. The number of esters is 1. The van der Waals surface area contributed by atoms with Gasteiger partial charge in [-0.25, -0.2) is 9.78 Å². The SMILES string of the molecule is CN1CCCc2cc(C3(c4c(-c5ccccc5)c(-c5ccccc5)c5ccccn45)OC(=O)c4ncccc43)ccc21. The van der Waals surface area contributed by atoms with Gasteiger partial charge in [-0.2, -0.15) is 0 Å². The molecule has 1 unspecified atom stereocenters. The van der Waals surface area contributed by atoms with Gasteiger partial charge in [0.05, 0.1) is 11.2 Å². The van der Waals surface area contributed by atoms with E-state index in [4.69, 9.17) is 4.74 Å². The third-order valence-corrected chi connectivity index (χ3v) is 8.77. The van der Waals surface area contributed by atoms with Crippen molar-refractivity contribution in [2.45, 2.75) is 18.4 Å². The maximum atomic E-state index is 13.7. The summed E-state index contributed by atoms with van der Waals surface area (Å²) < 4.78 is 8.91. The highest BCUT2D eigenvalue weighted by Gasteiger charge is 2.53. The number of carbonyl (C=O) groups is 1. The number of hydrogen-bond acceptors (Lipinski definition) is 4. The van der Waals surface area contributed by atoms with E-state index in [2.05, 4.69) is 106 Å². The lowest BCUT2D eigenvalue weighted by molar-refractivity contribution is 0.0235. The zero-order chi connectivity index (χ0) is 28.3.